The maximum absolute atomic E-state index is 12.1. The summed E-state index contributed by atoms with van der Waals surface area (Å²) in [6.07, 6.45) is 2.58. The normalized spacial score (nSPS) is 16.1. The Morgan fingerprint density at radius 1 is 1.19 bits per heavy atom. The first kappa shape index (κ1) is 18.4. The minimum atomic E-state index is -0.153. The maximum Gasteiger partial charge on any atom is 0.230 e. The minimum absolute atomic E-state index is 0.153. The van der Waals surface area contributed by atoms with Crippen molar-refractivity contribution >= 4 is 28.9 Å². The lowest BCUT2D eigenvalue weighted by Gasteiger charge is -2.13. The highest BCUT2D eigenvalue weighted by molar-refractivity contribution is 7.80. The van der Waals surface area contributed by atoms with Gasteiger partial charge < -0.3 is 20.1 Å². The second kappa shape index (κ2) is 9.31. The zero-order valence-electron chi connectivity index (χ0n) is 14.4. The first-order valence-corrected chi connectivity index (χ1v) is 9.09. The van der Waals surface area contributed by atoms with Crippen LogP contribution < -0.4 is 15.4 Å². The molecule has 0 spiro atoms. The van der Waals surface area contributed by atoms with Gasteiger partial charge in [-0.15, -0.1) is 0 Å². The van der Waals surface area contributed by atoms with E-state index in [0.717, 1.165) is 36.4 Å². The molecule has 5 nitrogen and oxygen atoms in total. The molecular formula is C20H22N2O3S. The topological polar surface area (TPSA) is 59.6 Å². The third-order valence-electron chi connectivity index (χ3n) is 4.01. The standard InChI is InChI=1S/C20H22N2O3S/c23-19(12-15-6-2-1-3-7-15)22-20(26)21-16-8-4-9-17(13-16)25-14-18-10-5-11-24-18/h1-4,6-9,13,18H,5,10-12,14H2,(H2,21,22,23,26). The molecule has 1 atom stereocenters. The minimum Gasteiger partial charge on any atom is -0.491 e. The van der Waals surface area contributed by atoms with Crippen LogP contribution in [-0.4, -0.2) is 30.3 Å². The number of amides is 1. The number of ether oxygens (including phenoxy) is 2. The van der Waals surface area contributed by atoms with Gasteiger partial charge in [0.1, 0.15) is 12.4 Å². The van der Waals surface area contributed by atoms with Crippen LogP contribution in [0.15, 0.2) is 54.6 Å². The van der Waals surface area contributed by atoms with Crippen LogP contribution in [0, 0.1) is 0 Å². The molecule has 2 N–H and O–H groups in total. The van der Waals surface area contributed by atoms with E-state index in [2.05, 4.69) is 10.6 Å². The molecule has 1 unspecified atom stereocenters. The molecule has 3 rings (SSSR count). The highest BCUT2D eigenvalue weighted by atomic mass is 32.1. The van der Waals surface area contributed by atoms with Crippen molar-refractivity contribution in [2.45, 2.75) is 25.4 Å². The molecule has 1 aliphatic rings. The number of hydrogen-bond donors (Lipinski definition) is 2. The molecular weight excluding hydrogens is 348 g/mol. The monoisotopic (exact) mass is 370 g/mol. The van der Waals surface area contributed by atoms with Crippen molar-refractivity contribution in [2.24, 2.45) is 0 Å². The fourth-order valence-corrected chi connectivity index (χ4v) is 2.97. The fourth-order valence-electron chi connectivity index (χ4n) is 2.74. The van der Waals surface area contributed by atoms with Gasteiger partial charge in [-0.25, -0.2) is 0 Å². The molecule has 2 aromatic carbocycles. The lowest BCUT2D eigenvalue weighted by Crippen LogP contribution is -2.35. The second-order valence-corrected chi connectivity index (χ2v) is 6.55. The molecule has 0 saturated carbocycles. The summed E-state index contributed by atoms with van der Waals surface area (Å²) in [6, 6.07) is 17.0. The van der Waals surface area contributed by atoms with Gasteiger partial charge in [0.2, 0.25) is 5.91 Å². The van der Waals surface area contributed by atoms with Crippen LogP contribution in [0.25, 0.3) is 0 Å². The number of hydrogen-bond acceptors (Lipinski definition) is 4. The first-order valence-electron chi connectivity index (χ1n) is 8.68. The summed E-state index contributed by atoms with van der Waals surface area (Å²) in [5.41, 5.74) is 1.71. The molecule has 6 heteroatoms. The lowest BCUT2D eigenvalue weighted by atomic mass is 10.1. The van der Waals surface area contributed by atoms with Crippen molar-refractivity contribution in [3.05, 3.63) is 60.2 Å². The van der Waals surface area contributed by atoms with Gasteiger partial charge in [0, 0.05) is 18.4 Å². The molecule has 1 aliphatic heterocycles. The quantitative estimate of drug-likeness (QED) is 0.764. The zero-order valence-corrected chi connectivity index (χ0v) is 15.3. The summed E-state index contributed by atoms with van der Waals surface area (Å²) < 4.78 is 11.3. The summed E-state index contributed by atoms with van der Waals surface area (Å²) in [6.45, 7) is 1.36. The molecule has 1 fully saturated rings. The predicted molar refractivity (Wildman–Crippen MR) is 105 cm³/mol. The van der Waals surface area contributed by atoms with E-state index in [1.165, 1.54) is 0 Å². The van der Waals surface area contributed by atoms with Gasteiger partial charge in [0.15, 0.2) is 5.11 Å². The Kier molecular flexibility index (Phi) is 6.57. The van der Waals surface area contributed by atoms with E-state index >= 15 is 0 Å². The number of nitrogens with one attached hydrogen (secondary N) is 2. The molecule has 1 saturated heterocycles. The van der Waals surface area contributed by atoms with Crippen molar-refractivity contribution in [3.8, 4) is 5.75 Å². The van der Waals surface area contributed by atoms with E-state index in [-0.39, 0.29) is 23.5 Å². The van der Waals surface area contributed by atoms with E-state index in [1.807, 2.05) is 54.6 Å². The predicted octanol–water partition coefficient (Wildman–Crippen LogP) is 3.30. The van der Waals surface area contributed by atoms with Crippen molar-refractivity contribution in [1.82, 2.24) is 5.32 Å². The van der Waals surface area contributed by atoms with Crippen LogP contribution in [0.2, 0.25) is 0 Å². The van der Waals surface area contributed by atoms with E-state index in [1.54, 1.807) is 0 Å². The molecule has 0 bridgehead atoms. The Labute approximate surface area is 158 Å². The summed E-state index contributed by atoms with van der Waals surface area (Å²) in [5, 5.41) is 5.97. The highest BCUT2D eigenvalue weighted by Crippen LogP contribution is 2.19. The van der Waals surface area contributed by atoms with Gasteiger partial charge >= 0.3 is 0 Å². The molecule has 0 aromatic heterocycles. The van der Waals surface area contributed by atoms with Crippen molar-refractivity contribution in [3.63, 3.8) is 0 Å². The Bertz CT molecular complexity index is 746. The summed E-state index contributed by atoms with van der Waals surface area (Å²) >= 11 is 5.22. The molecule has 2 aromatic rings. The maximum atomic E-state index is 12.1. The average molecular weight is 370 g/mol. The SMILES string of the molecule is O=C(Cc1ccccc1)NC(=S)Nc1cccc(OCC2CCCO2)c1. The van der Waals surface area contributed by atoms with Crippen LogP contribution in [-0.2, 0) is 16.0 Å². The largest absolute Gasteiger partial charge is 0.491 e. The smallest absolute Gasteiger partial charge is 0.230 e. The average Bonchev–Trinajstić information content (AvgIpc) is 3.14. The van der Waals surface area contributed by atoms with Crippen LogP contribution in [0.3, 0.4) is 0 Å². The number of rotatable bonds is 6. The highest BCUT2D eigenvalue weighted by Gasteiger charge is 2.16. The van der Waals surface area contributed by atoms with Crippen LogP contribution in [0.1, 0.15) is 18.4 Å². The molecule has 26 heavy (non-hydrogen) atoms. The first-order chi connectivity index (χ1) is 12.7. The van der Waals surface area contributed by atoms with Gasteiger partial charge in [-0.05, 0) is 42.8 Å². The second-order valence-electron chi connectivity index (χ2n) is 6.14. The molecule has 136 valence electrons. The van der Waals surface area contributed by atoms with Gasteiger partial charge in [0.25, 0.3) is 0 Å². The number of carbonyl (C=O) groups is 1. The number of thiocarbonyl (C=S) groups is 1. The van der Waals surface area contributed by atoms with Crippen LogP contribution in [0.4, 0.5) is 5.69 Å². The molecule has 1 heterocycles. The number of benzene rings is 2. The Morgan fingerprint density at radius 3 is 2.81 bits per heavy atom. The summed E-state index contributed by atoms with van der Waals surface area (Å²) in [4.78, 5) is 12.1. The fraction of sp³-hybridized carbons (Fsp3) is 0.300. The summed E-state index contributed by atoms with van der Waals surface area (Å²) in [7, 11) is 0. The van der Waals surface area contributed by atoms with Crippen molar-refractivity contribution < 1.29 is 14.3 Å². The number of anilines is 1. The Morgan fingerprint density at radius 2 is 2.04 bits per heavy atom. The van der Waals surface area contributed by atoms with E-state index in [9.17, 15) is 4.79 Å². The van der Waals surface area contributed by atoms with Crippen LogP contribution >= 0.6 is 12.2 Å². The van der Waals surface area contributed by atoms with Gasteiger partial charge in [-0.1, -0.05) is 36.4 Å². The van der Waals surface area contributed by atoms with Gasteiger partial charge in [0.05, 0.1) is 12.5 Å². The molecule has 1 amide bonds. The third-order valence-corrected chi connectivity index (χ3v) is 4.22. The molecule has 0 radical (unpaired) electrons. The van der Waals surface area contributed by atoms with Crippen molar-refractivity contribution in [1.29, 1.82) is 0 Å². The third kappa shape index (κ3) is 5.82. The van der Waals surface area contributed by atoms with E-state index in [0.29, 0.717) is 6.61 Å². The van der Waals surface area contributed by atoms with Gasteiger partial charge in [-0.3, -0.25) is 4.79 Å². The van der Waals surface area contributed by atoms with E-state index in [4.69, 9.17) is 21.7 Å². The van der Waals surface area contributed by atoms with E-state index < -0.39 is 0 Å². The number of carbonyl (C=O) groups excluding carboxylic acids is 1. The van der Waals surface area contributed by atoms with Crippen molar-refractivity contribution in [2.75, 3.05) is 18.5 Å². The Hall–Kier alpha value is -2.44. The zero-order chi connectivity index (χ0) is 18.2. The Balaban J connectivity index is 1.47. The molecule has 0 aliphatic carbocycles. The van der Waals surface area contributed by atoms with Gasteiger partial charge in [-0.2, -0.15) is 0 Å². The van der Waals surface area contributed by atoms with Crippen LogP contribution in [0.5, 0.6) is 5.75 Å². The summed E-state index contributed by atoms with van der Waals surface area (Å²) in [5.74, 6) is 0.586. The lowest BCUT2D eigenvalue weighted by molar-refractivity contribution is -0.119.